The van der Waals surface area contributed by atoms with Crippen molar-refractivity contribution in [2.45, 2.75) is 31.2 Å². The van der Waals surface area contributed by atoms with Crippen molar-refractivity contribution in [3.05, 3.63) is 30.3 Å². The molecular formula is C15H17N5O3. The van der Waals surface area contributed by atoms with E-state index in [9.17, 15) is 4.79 Å². The second kappa shape index (κ2) is 5.71. The molecule has 2 aromatic rings. The van der Waals surface area contributed by atoms with Crippen LogP contribution in [0, 0.1) is 0 Å². The van der Waals surface area contributed by atoms with E-state index in [1.54, 1.807) is 4.68 Å². The highest BCUT2D eigenvalue weighted by Crippen LogP contribution is 2.35. The van der Waals surface area contributed by atoms with Gasteiger partial charge in [-0.25, -0.2) is 4.68 Å². The van der Waals surface area contributed by atoms with Gasteiger partial charge in [0.15, 0.2) is 5.82 Å². The summed E-state index contributed by atoms with van der Waals surface area (Å²) >= 11 is 0. The van der Waals surface area contributed by atoms with Gasteiger partial charge in [0.25, 0.3) is 0 Å². The topological polar surface area (TPSA) is 91.2 Å². The number of amides is 1. The molecule has 120 valence electrons. The molecule has 2 aliphatic rings. The number of hydrogen-bond donors (Lipinski definition) is 1. The third-order valence-electron chi connectivity index (χ3n) is 4.25. The molecule has 8 nitrogen and oxygen atoms in total. The third-order valence-corrected chi connectivity index (χ3v) is 4.25. The Morgan fingerprint density at radius 2 is 2.00 bits per heavy atom. The molecule has 2 fully saturated rings. The largest absolute Gasteiger partial charge is 0.371 e. The number of hydrogen-bond acceptors (Lipinski definition) is 6. The summed E-state index contributed by atoms with van der Waals surface area (Å²) in [6, 6.07) is 9.53. The van der Waals surface area contributed by atoms with E-state index in [2.05, 4.69) is 20.8 Å². The first-order valence-electron chi connectivity index (χ1n) is 7.57. The van der Waals surface area contributed by atoms with Gasteiger partial charge in [0.1, 0.15) is 18.2 Å². The second-order valence-corrected chi connectivity index (χ2v) is 5.78. The summed E-state index contributed by atoms with van der Waals surface area (Å²) in [5.41, 5.74) is 0.942. The summed E-state index contributed by atoms with van der Waals surface area (Å²) < 4.78 is 13.5. The van der Waals surface area contributed by atoms with E-state index >= 15 is 0 Å². The molecule has 4 rings (SSSR count). The van der Waals surface area contributed by atoms with E-state index in [1.165, 1.54) is 6.92 Å². The summed E-state index contributed by atoms with van der Waals surface area (Å²) in [6.45, 7) is 2.39. The zero-order valence-corrected chi connectivity index (χ0v) is 12.6. The van der Waals surface area contributed by atoms with Crippen LogP contribution < -0.4 is 5.32 Å². The summed E-state index contributed by atoms with van der Waals surface area (Å²) in [5.74, 6) is 0.602. The lowest BCUT2D eigenvalue weighted by atomic mass is 10.1. The molecule has 2 saturated heterocycles. The van der Waals surface area contributed by atoms with E-state index in [0.717, 1.165) is 5.56 Å². The lowest BCUT2D eigenvalue weighted by Gasteiger charge is -2.17. The van der Waals surface area contributed by atoms with Gasteiger partial charge in [-0.1, -0.05) is 30.3 Å². The molecule has 23 heavy (non-hydrogen) atoms. The average molecular weight is 315 g/mol. The van der Waals surface area contributed by atoms with Crippen molar-refractivity contribution >= 4 is 5.91 Å². The van der Waals surface area contributed by atoms with Crippen molar-refractivity contribution in [1.29, 1.82) is 0 Å². The van der Waals surface area contributed by atoms with Crippen LogP contribution in [0.4, 0.5) is 0 Å². The summed E-state index contributed by atoms with van der Waals surface area (Å²) in [7, 11) is 0. The minimum Gasteiger partial charge on any atom is -0.371 e. The molecule has 0 radical (unpaired) electrons. The lowest BCUT2D eigenvalue weighted by Crippen LogP contribution is -2.43. The van der Waals surface area contributed by atoms with Crippen molar-refractivity contribution in [1.82, 2.24) is 25.5 Å². The van der Waals surface area contributed by atoms with Gasteiger partial charge < -0.3 is 14.8 Å². The summed E-state index contributed by atoms with van der Waals surface area (Å²) in [4.78, 5) is 11.3. The minimum absolute atomic E-state index is 0.0845. The average Bonchev–Trinajstić information content (AvgIpc) is 3.24. The molecule has 1 aromatic carbocycles. The molecule has 0 aliphatic carbocycles. The number of carbonyl (C=O) groups excluding carboxylic acids is 1. The zero-order valence-electron chi connectivity index (χ0n) is 12.6. The smallest absolute Gasteiger partial charge is 0.217 e. The molecule has 0 saturated carbocycles. The molecule has 3 heterocycles. The van der Waals surface area contributed by atoms with Gasteiger partial charge >= 0.3 is 0 Å². The first-order chi connectivity index (χ1) is 11.2. The summed E-state index contributed by atoms with van der Waals surface area (Å²) in [5, 5.41) is 14.9. The molecule has 8 heteroatoms. The maximum absolute atomic E-state index is 11.3. The fourth-order valence-corrected chi connectivity index (χ4v) is 3.27. The Balaban J connectivity index is 1.59. The normalized spacial score (nSPS) is 29.4. The van der Waals surface area contributed by atoms with E-state index in [0.29, 0.717) is 19.0 Å². The van der Waals surface area contributed by atoms with Gasteiger partial charge in [0, 0.05) is 12.5 Å². The monoisotopic (exact) mass is 315 g/mol. The van der Waals surface area contributed by atoms with Crippen molar-refractivity contribution in [3.8, 4) is 11.4 Å². The van der Waals surface area contributed by atoms with Crippen molar-refractivity contribution < 1.29 is 14.3 Å². The van der Waals surface area contributed by atoms with Crippen LogP contribution in [-0.2, 0) is 14.3 Å². The predicted octanol–water partition coefficient (Wildman–Crippen LogP) is 0.184. The number of rotatable bonds is 3. The Hall–Kier alpha value is -2.32. The van der Waals surface area contributed by atoms with Crippen molar-refractivity contribution in [2.75, 3.05) is 13.2 Å². The quantitative estimate of drug-likeness (QED) is 0.869. The standard InChI is InChI=1S/C15H17N5O3/c1-9(21)16-11-7-22-14-12(8-23-13(11)14)20-15(17-18-19-20)10-5-3-2-4-6-10/h2-6,11-14H,7-8H2,1H3,(H,16,21)/t11-,12-,13+,14+/m0/s1. The van der Waals surface area contributed by atoms with Crippen molar-refractivity contribution in [3.63, 3.8) is 0 Å². The maximum atomic E-state index is 11.3. The molecule has 0 spiro atoms. The first kappa shape index (κ1) is 14.3. The third kappa shape index (κ3) is 2.49. The molecule has 1 aromatic heterocycles. The van der Waals surface area contributed by atoms with Gasteiger partial charge in [-0.3, -0.25) is 4.79 Å². The molecule has 1 N–H and O–H groups in total. The Kier molecular flexibility index (Phi) is 3.55. The maximum Gasteiger partial charge on any atom is 0.217 e. The van der Waals surface area contributed by atoms with Gasteiger partial charge in [0.2, 0.25) is 5.91 Å². The molecule has 1 amide bonds. The number of benzene rings is 1. The van der Waals surface area contributed by atoms with Crippen molar-refractivity contribution in [2.24, 2.45) is 0 Å². The van der Waals surface area contributed by atoms with E-state index < -0.39 is 0 Å². The van der Waals surface area contributed by atoms with E-state index in [4.69, 9.17) is 9.47 Å². The van der Waals surface area contributed by atoms with Gasteiger partial charge in [-0.05, 0) is 10.4 Å². The summed E-state index contributed by atoms with van der Waals surface area (Å²) in [6.07, 6.45) is -0.338. The fourth-order valence-electron chi connectivity index (χ4n) is 3.27. The molecular weight excluding hydrogens is 298 g/mol. The SMILES string of the molecule is CC(=O)N[C@H]1CO[C@H]2[C@@H]1OC[C@@H]2n1nnnc1-c1ccccc1. The van der Waals surface area contributed by atoms with Crippen LogP contribution in [0.2, 0.25) is 0 Å². The number of aromatic nitrogens is 4. The number of carbonyl (C=O) groups is 1. The number of fused-ring (bicyclic) bond motifs is 1. The van der Waals surface area contributed by atoms with Crippen LogP contribution >= 0.6 is 0 Å². The molecule has 0 bridgehead atoms. The minimum atomic E-state index is -0.170. The van der Waals surface area contributed by atoms with Crippen LogP contribution in [0.5, 0.6) is 0 Å². The second-order valence-electron chi connectivity index (χ2n) is 5.78. The van der Waals surface area contributed by atoms with Crippen LogP contribution in [-0.4, -0.2) is 57.6 Å². The van der Waals surface area contributed by atoms with Crippen LogP contribution in [0.3, 0.4) is 0 Å². The van der Waals surface area contributed by atoms with Gasteiger partial charge in [-0.15, -0.1) is 5.10 Å². The highest BCUT2D eigenvalue weighted by Gasteiger charge is 2.49. The number of ether oxygens (including phenoxy) is 2. The molecule has 2 aliphatic heterocycles. The van der Waals surface area contributed by atoms with E-state index in [1.807, 2.05) is 30.3 Å². The van der Waals surface area contributed by atoms with Gasteiger partial charge in [0.05, 0.1) is 19.3 Å². The predicted molar refractivity (Wildman–Crippen MR) is 79.4 cm³/mol. The van der Waals surface area contributed by atoms with Gasteiger partial charge in [-0.2, -0.15) is 0 Å². The Labute approximate surface area is 132 Å². The highest BCUT2D eigenvalue weighted by atomic mass is 16.6. The molecule has 4 atom stereocenters. The lowest BCUT2D eigenvalue weighted by molar-refractivity contribution is -0.120. The van der Waals surface area contributed by atoms with Crippen LogP contribution in [0.1, 0.15) is 13.0 Å². The number of nitrogens with one attached hydrogen (secondary N) is 1. The Bertz CT molecular complexity index is 704. The first-order valence-corrected chi connectivity index (χ1v) is 7.57. The van der Waals surface area contributed by atoms with Crippen LogP contribution in [0.25, 0.3) is 11.4 Å². The Morgan fingerprint density at radius 1 is 1.22 bits per heavy atom. The fraction of sp³-hybridized carbons (Fsp3) is 0.467. The highest BCUT2D eigenvalue weighted by molar-refractivity contribution is 5.73. The zero-order chi connectivity index (χ0) is 15.8. The van der Waals surface area contributed by atoms with Crippen LogP contribution in [0.15, 0.2) is 30.3 Å². The van der Waals surface area contributed by atoms with E-state index in [-0.39, 0.29) is 30.2 Å². The number of tetrazole rings is 1. The molecule has 0 unspecified atom stereocenters. The Morgan fingerprint density at radius 3 is 2.78 bits per heavy atom. The number of nitrogens with zero attached hydrogens (tertiary/aromatic N) is 4.